The van der Waals surface area contributed by atoms with Crippen LogP contribution in [0, 0.1) is 12.7 Å². The van der Waals surface area contributed by atoms with E-state index in [1.807, 2.05) is 13.8 Å². The number of halogens is 1. The highest BCUT2D eigenvalue weighted by molar-refractivity contribution is 7.99. The molecule has 2 aromatic rings. The van der Waals surface area contributed by atoms with Gasteiger partial charge in [0.25, 0.3) is 5.56 Å². The molecule has 0 fully saturated rings. The second-order valence-corrected chi connectivity index (χ2v) is 7.04. The average molecular weight is 363 g/mol. The normalized spacial score (nSPS) is 11.0. The molecule has 0 bridgehead atoms. The lowest BCUT2D eigenvalue weighted by Gasteiger charge is -2.13. The number of hydrogen-bond donors (Lipinski definition) is 1. The Morgan fingerprint density at radius 2 is 2.04 bits per heavy atom. The molecule has 0 radical (unpaired) electrons. The minimum atomic E-state index is -0.340. The van der Waals surface area contributed by atoms with Gasteiger partial charge in [0, 0.05) is 30.8 Å². The number of aryl methyl sites for hydroxylation is 1. The zero-order valence-corrected chi connectivity index (χ0v) is 15.6. The highest BCUT2D eigenvalue weighted by atomic mass is 32.2. The van der Waals surface area contributed by atoms with E-state index in [0.717, 1.165) is 0 Å². The summed E-state index contributed by atoms with van der Waals surface area (Å²) in [7, 11) is 1.61. The Labute approximate surface area is 150 Å². The molecule has 1 aromatic carbocycles. The van der Waals surface area contributed by atoms with E-state index < -0.39 is 0 Å². The van der Waals surface area contributed by atoms with E-state index >= 15 is 0 Å². The van der Waals surface area contributed by atoms with Crippen molar-refractivity contribution in [3.63, 3.8) is 0 Å². The van der Waals surface area contributed by atoms with Gasteiger partial charge in [-0.2, -0.15) is 0 Å². The van der Waals surface area contributed by atoms with Crippen molar-refractivity contribution in [3.05, 3.63) is 57.3 Å². The lowest BCUT2D eigenvalue weighted by Crippen LogP contribution is -2.32. The van der Waals surface area contributed by atoms with Gasteiger partial charge < -0.3 is 5.32 Å². The van der Waals surface area contributed by atoms with Crippen molar-refractivity contribution in [2.75, 3.05) is 5.75 Å². The molecule has 1 amide bonds. The first-order valence-corrected chi connectivity index (χ1v) is 9.00. The van der Waals surface area contributed by atoms with Gasteiger partial charge in [0.05, 0.1) is 5.75 Å². The fourth-order valence-corrected chi connectivity index (χ4v) is 3.21. The summed E-state index contributed by atoms with van der Waals surface area (Å²) in [5.74, 6) is -0.264. The van der Waals surface area contributed by atoms with E-state index in [-0.39, 0.29) is 35.5 Å². The number of benzene rings is 1. The van der Waals surface area contributed by atoms with Gasteiger partial charge in [0.2, 0.25) is 5.91 Å². The van der Waals surface area contributed by atoms with Crippen molar-refractivity contribution in [2.45, 2.75) is 38.4 Å². The first-order chi connectivity index (χ1) is 11.8. The molecule has 0 spiro atoms. The first-order valence-electron chi connectivity index (χ1n) is 8.01. The molecule has 7 heteroatoms. The van der Waals surface area contributed by atoms with Crippen LogP contribution in [0.4, 0.5) is 4.39 Å². The third kappa shape index (κ3) is 4.92. The molecular weight excluding hydrogens is 341 g/mol. The van der Waals surface area contributed by atoms with Crippen LogP contribution in [-0.2, 0) is 18.3 Å². The third-order valence-corrected chi connectivity index (χ3v) is 4.69. The predicted molar refractivity (Wildman–Crippen MR) is 97.4 cm³/mol. The van der Waals surface area contributed by atoms with Crippen molar-refractivity contribution in [2.24, 2.45) is 7.05 Å². The Hall–Kier alpha value is -2.15. The maximum Gasteiger partial charge on any atom is 0.257 e. The summed E-state index contributed by atoms with van der Waals surface area (Å²) in [5.41, 5.74) is 1.26. The van der Waals surface area contributed by atoms with E-state index in [9.17, 15) is 14.0 Å². The molecule has 1 N–H and O–H groups in total. The van der Waals surface area contributed by atoms with Gasteiger partial charge in [-0.05, 0) is 32.4 Å². The molecule has 134 valence electrons. The van der Waals surface area contributed by atoms with E-state index in [2.05, 4.69) is 10.3 Å². The minimum Gasteiger partial charge on any atom is -0.353 e. The second-order valence-electron chi connectivity index (χ2n) is 6.10. The summed E-state index contributed by atoms with van der Waals surface area (Å²) in [6.45, 7) is 5.51. The zero-order valence-electron chi connectivity index (χ0n) is 14.8. The monoisotopic (exact) mass is 363 g/mol. The Kier molecular flexibility index (Phi) is 6.36. The standard InChI is InChI=1S/C18H22FN3O2S/c1-11(2)20-16(23)10-25-18-21-12(3)14(17(24)22(18)4)9-13-7-5-6-8-15(13)19/h5-8,11H,9-10H2,1-4H3,(H,20,23). The van der Waals surface area contributed by atoms with Crippen molar-refractivity contribution in [1.82, 2.24) is 14.9 Å². The number of nitrogens with one attached hydrogen (secondary N) is 1. The molecular formula is C18H22FN3O2S. The molecule has 1 heterocycles. The Morgan fingerprint density at radius 3 is 2.68 bits per heavy atom. The molecule has 2 rings (SSSR count). The molecule has 25 heavy (non-hydrogen) atoms. The van der Waals surface area contributed by atoms with Gasteiger partial charge in [-0.1, -0.05) is 30.0 Å². The van der Waals surface area contributed by atoms with Crippen LogP contribution < -0.4 is 10.9 Å². The van der Waals surface area contributed by atoms with Gasteiger partial charge in [-0.25, -0.2) is 9.37 Å². The van der Waals surface area contributed by atoms with Crippen LogP contribution in [0.25, 0.3) is 0 Å². The Balaban J connectivity index is 2.23. The maximum atomic E-state index is 13.9. The fraction of sp³-hybridized carbons (Fsp3) is 0.389. The van der Waals surface area contributed by atoms with Gasteiger partial charge in [-0.15, -0.1) is 0 Å². The largest absolute Gasteiger partial charge is 0.353 e. The van der Waals surface area contributed by atoms with Crippen LogP contribution in [0.1, 0.15) is 30.7 Å². The highest BCUT2D eigenvalue weighted by Gasteiger charge is 2.15. The van der Waals surface area contributed by atoms with Gasteiger partial charge in [0.1, 0.15) is 5.82 Å². The summed E-state index contributed by atoms with van der Waals surface area (Å²) < 4.78 is 15.3. The number of amides is 1. The van der Waals surface area contributed by atoms with Crippen LogP contribution in [0.15, 0.2) is 34.2 Å². The average Bonchev–Trinajstić information content (AvgIpc) is 2.54. The molecule has 0 saturated heterocycles. The molecule has 0 atom stereocenters. The lowest BCUT2D eigenvalue weighted by atomic mass is 10.0. The molecule has 0 aliphatic rings. The number of carbonyl (C=O) groups is 1. The van der Waals surface area contributed by atoms with E-state index in [4.69, 9.17) is 0 Å². The Morgan fingerprint density at radius 1 is 1.36 bits per heavy atom. The molecule has 1 aromatic heterocycles. The molecule has 0 aliphatic carbocycles. The van der Waals surface area contributed by atoms with Crippen LogP contribution in [-0.4, -0.2) is 27.3 Å². The fourth-order valence-electron chi connectivity index (χ4n) is 2.39. The van der Waals surface area contributed by atoms with E-state index in [1.165, 1.54) is 22.4 Å². The zero-order chi connectivity index (χ0) is 18.6. The molecule has 0 unspecified atom stereocenters. The summed E-state index contributed by atoms with van der Waals surface area (Å²) >= 11 is 1.21. The summed E-state index contributed by atoms with van der Waals surface area (Å²) in [4.78, 5) is 28.8. The summed E-state index contributed by atoms with van der Waals surface area (Å²) in [5, 5.41) is 3.27. The predicted octanol–water partition coefficient (Wildman–Crippen LogP) is 2.44. The quantitative estimate of drug-likeness (QED) is 0.632. The van der Waals surface area contributed by atoms with Crippen molar-refractivity contribution in [1.29, 1.82) is 0 Å². The first kappa shape index (κ1) is 19.2. The van der Waals surface area contributed by atoms with Crippen LogP contribution in [0.2, 0.25) is 0 Å². The van der Waals surface area contributed by atoms with E-state index in [0.29, 0.717) is 22.0 Å². The van der Waals surface area contributed by atoms with Crippen LogP contribution in [0.5, 0.6) is 0 Å². The third-order valence-electron chi connectivity index (χ3n) is 3.66. The number of thioether (sulfide) groups is 1. The van der Waals surface area contributed by atoms with Gasteiger partial charge in [0.15, 0.2) is 5.16 Å². The number of aromatic nitrogens is 2. The Bertz CT molecular complexity index is 834. The van der Waals surface area contributed by atoms with E-state index in [1.54, 1.807) is 32.2 Å². The molecule has 5 nitrogen and oxygen atoms in total. The van der Waals surface area contributed by atoms with Gasteiger partial charge >= 0.3 is 0 Å². The van der Waals surface area contributed by atoms with Gasteiger partial charge in [-0.3, -0.25) is 14.2 Å². The summed E-state index contributed by atoms with van der Waals surface area (Å²) in [6, 6.07) is 6.45. The SMILES string of the molecule is Cc1nc(SCC(=O)NC(C)C)n(C)c(=O)c1Cc1ccccc1F. The summed E-state index contributed by atoms with van der Waals surface area (Å²) in [6.07, 6.45) is 0.191. The molecule has 0 saturated carbocycles. The smallest absolute Gasteiger partial charge is 0.257 e. The number of hydrogen-bond acceptors (Lipinski definition) is 4. The maximum absolute atomic E-state index is 13.9. The number of rotatable bonds is 6. The van der Waals surface area contributed by atoms with Crippen molar-refractivity contribution >= 4 is 17.7 Å². The van der Waals surface area contributed by atoms with Crippen molar-refractivity contribution in [3.8, 4) is 0 Å². The number of nitrogens with zero attached hydrogens (tertiary/aromatic N) is 2. The number of carbonyl (C=O) groups excluding carboxylic acids is 1. The van der Waals surface area contributed by atoms with Crippen LogP contribution >= 0.6 is 11.8 Å². The lowest BCUT2D eigenvalue weighted by molar-refractivity contribution is -0.119. The minimum absolute atomic E-state index is 0.0646. The second kappa shape index (κ2) is 8.29. The highest BCUT2D eigenvalue weighted by Crippen LogP contribution is 2.17. The van der Waals surface area contributed by atoms with Crippen LogP contribution in [0.3, 0.4) is 0 Å². The molecule has 0 aliphatic heterocycles. The topological polar surface area (TPSA) is 64.0 Å². The van der Waals surface area contributed by atoms with Crippen molar-refractivity contribution < 1.29 is 9.18 Å².